The van der Waals surface area contributed by atoms with E-state index in [1.165, 1.54) is 25.0 Å². The van der Waals surface area contributed by atoms with Crippen LogP contribution in [0.1, 0.15) is 28.8 Å². The highest BCUT2D eigenvalue weighted by molar-refractivity contribution is 7.92. The first-order valence-electron chi connectivity index (χ1n) is 10.1. The second-order valence-electron chi connectivity index (χ2n) is 7.68. The van der Waals surface area contributed by atoms with Gasteiger partial charge in [0.25, 0.3) is 15.9 Å². The van der Waals surface area contributed by atoms with Gasteiger partial charge in [-0.15, -0.1) is 0 Å². The van der Waals surface area contributed by atoms with E-state index < -0.39 is 10.0 Å². The molecule has 0 aromatic heterocycles. The zero-order chi connectivity index (χ0) is 21.8. The molecule has 7 heteroatoms. The van der Waals surface area contributed by atoms with Gasteiger partial charge in [0, 0.05) is 11.3 Å². The van der Waals surface area contributed by atoms with Crippen LogP contribution in [-0.2, 0) is 10.0 Å². The number of amides is 1. The summed E-state index contributed by atoms with van der Waals surface area (Å²) in [6.45, 7) is 2.52. The van der Waals surface area contributed by atoms with Gasteiger partial charge in [-0.2, -0.15) is 0 Å². The average Bonchev–Trinajstić information content (AvgIpc) is 3.60. The minimum atomic E-state index is -3.72. The topological polar surface area (TPSA) is 84.5 Å². The van der Waals surface area contributed by atoms with Crippen LogP contribution in [0.4, 0.5) is 11.4 Å². The van der Waals surface area contributed by atoms with Gasteiger partial charge < -0.3 is 10.1 Å². The number of benzene rings is 3. The van der Waals surface area contributed by atoms with E-state index in [0.717, 1.165) is 17.9 Å². The molecule has 0 radical (unpaired) electrons. The molecule has 0 spiro atoms. The van der Waals surface area contributed by atoms with E-state index in [-0.39, 0.29) is 10.8 Å². The first-order valence-corrected chi connectivity index (χ1v) is 11.6. The van der Waals surface area contributed by atoms with Crippen molar-refractivity contribution < 1.29 is 17.9 Å². The summed E-state index contributed by atoms with van der Waals surface area (Å²) in [5, 5.41) is 2.82. The number of hydrogen-bond donors (Lipinski definition) is 2. The third kappa shape index (κ3) is 5.44. The molecule has 3 aromatic rings. The van der Waals surface area contributed by atoms with Crippen molar-refractivity contribution >= 4 is 27.3 Å². The normalized spacial score (nSPS) is 13.5. The van der Waals surface area contributed by atoms with Gasteiger partial charge in [0.15, 0.2) is 0 Å². The van der Waals surface area contributed by atoms with Crippen LogP contribution in [-0.4, -0.2) is 20.9 Å². The zero-order valence-electron chi connectivity index (χ0n) is 17.2. The molecule has 31 heavy (non-hydrogen) atoms. The molecule has 1 aliphatic rings. The van der Waals surface area contributed by atoms with Crippen LogP contribution in [0.3, 0.4) is 0 Å². The summed E-state index contributed by atoms with van der Waals surface area (Å²) in [5.41, 5.74) is 2.14. The monoisotopic (exact) mass is 436 g/mol. The highest BCUT2D eigenvalue weighted by Gasteiger charge is 2.22. The number of carbonyl (C=O) groups is 1. The highest BCUT2D eigenvalue weighted by Crippen LogP contribution is 2.29. The quantitative estimate of drug-likeness (QED) is 0.529. The van der Waals surface area contributed by atoms with Gasteiger partial charge in [-0.05, 0) is 79.8 Å². The summed E-state index contributed by atoms with van der Waals surface area (Å²) in [4.78, 5) is 12.8. The van der Waals surface area contributed by atoms with E-state index in [2.05, 4.69) is 10.0 Å². The van der Waals surface area contributed by atoms with Crippen LogP contribution in [0, 0.1) is 12.8 Å². The Kier molecular flexibility index (Phi) is 5.95. The van der Waals surface area contributed by atoms with E-state index in [1.807, 2.05) is 0 Å². The highest BCUT2D eigenvalue weighted by atomic mass is 32.2. The molecule has 4 rings (SSSR count). The van der Waals surface area contributed by atoms with Crippen LogP contribution >= 0.6 is 0 Å². The molecule has 1 saturated carbocycles. The minimum absolute atomic E-state index is 0.174. The van der Waals surface area contributed by atoms with Crippen LogP contribution in [0.25, 0.3) is 0 Å². The predicted octanol–water partition coefficient (Wildman–Crippen LogP) is 4.84. The number of aryl methyl sites for hydroxylation is 1. The van der Waals surface area contributed by atoms with Crippen LogP contribution in [0.5, 0.6) is 5.75 Å². The Morgan fingerprint density at radius 2 is 1.71 bits per heavy atom. The first-order chi connectivity index (χ1) is 14.9. The number of anilines is 2. The third-order valence-electron chi connectivity index (χ3n) is 5.09. The van der Waals surface area contributed by atoms with E-state index in [0.29, 0.717) is 22.9 Å². The summed E-state index contributed by atoms with van der Waals surface area (Å²) in [6, 6.07) is 20.2. The van der Waals surface area contributed by atoms with Crippen molar-refractivity contribution in [2.75, 3.05) is 16.6 Å². The maximum atomic E-state index is 12.6. The van der Waals surface area contributed by atoms with E-state index >= 15 is 0 Å². The molecule has 0 heterocycles. The Balaban J connectivity index is 1.44. The van der Waals surface area contributed by atoms with Gasteiger partial charge in [0.2, 0.25) is 0 Å². The molecule has 1 aliphatic carbocycles. The fraction of sp³-hybridized carbons (Fsp3) is 0.208. The second kappa shape index (κ2) is 8.81. The van der Waals surface area contributed by atoms with Crippen molar-refractivity contribution in [3.8, 4) is 5.75 Å². The Bertz CT molecular complexity index is 1170. The third-order valence-corrected chi connectivity index (χ3v) is 6.47. The lowest BCUT2D eigenvalue weighted by Crippen LogP contribution is -2.15. The first kappa shape index (κ1) is 20.9. The Labute approximate surface area is 182 Å². The van der Waals surface area contributed by atoms with E-state index in [9.17, 15) is 13.2 Å². The fourth-order valence-corrected chi connectivity index (χ4v) is 4.16. The SMILES string of the molecule is Cc1ccc(NC(=O)c2ccc(OCC3CC3)cc2)cc1NS(=O)(=O)c1ccccc1. The van der Waals surface area contributed by atoms with Gasteiger partial charge in [0.1, 0.15) is 5.75 Å². The van der Waals surface area contributed by atoms with Crippen LogP contribution in [0.2, 0.25) is 0 Å². The molecular formula is C24H24N2O4S. The number of nitrogens with one attached hydrogen (secondary N) is 2. The van der Waals surface area contributed by atoms with Crippen molar-refractivity contribution in [3.05, 3.63) is 83.9 Å². The van der Waals surface area contributed by atoms with E-state index in [1.54, 1.807) is 67.6 Å². The molecule has 2 N–H and O–H groups in total. The standard InChI is InChI=1S/C24H24N2O4S/c1-17-7-12-20(15-23(17)26-31(28,29)22-5-3-2-4-6-22)25-24(27)19-10-13-21(14-11-19)30-16-18-8-9-18/h2-7,10-15,18,26H,8-9,16H2,1H3,(H,25,27). The molecule has 1 amide bonds. The molecule has 3 aromatic carbocycles. The number of hydrogen-bond acceptors (Lipinski definition) is 4. The summed E-state index contributed by atoms with van der Waals surface area (Å²) in [7, 11) is -3.72. The lowest BCUT2D eigenvalue weighted by atomic mass is 10.1. The Morgan fingerprint density at radius 1 is 1.00 bits per heavy atom. The molecule has 0 saturated heterocycles. The number of sulfonamides is 1. The average molecular weight is 437 g/mol. The summed E-state index contributed by atoms with van der Waals surface area (Å²) in [5.74, 6) is 1.13. The molecule has 0 bridgehead atoms. The van der Waals surface area contributed by atoms with Gasteiger partial charge in [0.05, 0.1) is 17.2 Å². The summed E-state index contributed by atoms with van der Waals surface area (Å²) < 4.78 is 33.6. The minimum Gasteiger partial charge on any atom is -0.493 e. The van der Waals surface area contributed by atoms with Gasteiger partial charge in [-0.3, -0.25) is 9.52 Å². The Hall–Kier alpha value is -3.32. The predicted molar refractivity (Wildman–Crippen MR) is 121 cm³/mol. The summed E-state index contributed by atoms with van der Waals surface area (Å²) >= 11 is 0. The molecule has 6 nitrogen and oxygen atoms in total. The molecule has 0 aliphatic heterocycles. The van der Waals surface area contributed by atoms with Gasteiger partial charge in [-0.25, -0.2) is 8.42 Å². The van der Waals surface area contributed by atoms with Crippen LogP contribution < -0.4 is 14.8 Å². The Morgan fingerprint density at radius 3 is 2.39 bits per heavy atom. The van der Waals surface area contributed by atoms with E-state index in [4.69, 9.17) is 4.74 Å². The fourth-order valence-electron chi connectivity index (χ4n) is 3.02. The number of carbonyl (C=O) groups excluding carboxylic acids is 1. The molecule has 1 fully saturated rings. The lowest BCUT2D eigenvalue weighted by molar-refractivity contribution is 0.102. The smallest absolute Gasteiger partial charge is 0.261 e. The maximum Gasteiger partial charge on any atom is 0.261 e. The van der Waals surface area contributed by atoms with Crippen molar-refractivity contribution in [2.24, 2.45) is 5.92 Å². The van der Waals surface area contributed by atoms with Crippen molar-refractivity contribution in [2.45, 2.75) is 24.7 Å². The van der Waals surface area contributed by atoms with Gasteiger partial charge >= 0.3 is 0 Å². The second-order valence-corrected chi connectivity index (χ2v) is 9.36. The van der Waals surface area contributed by atoms with Crippen LogP contribution in [0.15, 0.2) is 77.7 Å². The largest absolute Gasteiger partial charge is 0.493 e. The van der Waals surface area contributed by atoms with Crippen molar-refractivity contribution in [3.63, 3.8) is 0 Å². The molecule has 160 valence electrons. The number of rotatable bonds is 8. The molecule has 0 unspecified atom stereocenters. The molecular weight excluding hydrogens is 412 g/mol. The maximum absolute atomic E-state index is 12.6. The molecule has 0 atom stereocenters. The van der Waals surface area contributed by atoms with Crippen molar-refractivity contribution in [1.82, 2.24) is 0 Å². The lowest BCUT2D eigenvalue weighted by Gasteiger charge is -2.13. The van der Waals surface area contributed by atoms with Crippen molar-refractivity contribution in [1.29, 1.82) is 0 Å². The summed E-state index contributed by atoms with van der Waals surface area (Å²) in [6.07, 6.45) is 2.45. The number of ether oxygens (including phenoxy) is 1. The zero-order valence-corrected chi connectivity index (χ0v) is 18.0. The van der Waals surface area contributed by atoms with Gasteiger partial charge in [-0.1, -0.05) is 24.3 Å².